The van der Waals surface area contributed by atoms with Crippen LogP contribution in [0.15, 0.2) is 0 Å². The SMILES string of the molecule is CCCCC(C)NCC(F)(F)CO. The highest BCUT2D eigenvalue weighted by molar-refractivity contribution is 4.70. The molecule has 0 rings (SSSR count). The van der Waals surface area contributed by atoms with E-state index in [0.717, 1.165) is 19.3 Å². The number of hydrogen-bond donors (Lipinski definition) is 2. The predicted octanol–water partition coefficient (Wildman–Crippen LogP) is 1.78. The first-order valence-electron chi connectivity index (χ1n) is 4.74. The van der Waals surface area contributed by atoms with Crippen LogP contribution in [0.4, 0.5) is 8.78 Å². The minimum Gasteiger partial charge on any atom is -0.390 e. The van der Waals surface area contributed by atoms with Crippen molar-refractivity contribution in [3.05, 3.63) is 0 Å². The molecule has 0 heterocycles. The highest BCUT2D eigenvalue weighted by atomic mass is 19.3. The number of hydrogen-bond acceptors (Lipinski definition) is 2. The molecular weight excluding hydrogens is 176 g/mol. The van der Waals surface area contributed by atoms with Crippen LogP contribution in [0.3, 0.4) is 0 Å². The summed E-state index contributed by atoms with van der Waals surface area (Å²) in [6, 6.07) is 0.0948. The highest BCUT2D eigenvalue weighted by Gasteiger charge is 2.27. The monoisotopic (exact) mass is 195 g/mol. The fraction of sp³-hybridized carbons (Fsp3) is 1.00. The Hall–Kier alpha value is -0.220. The van der Waals surface area contributed by atoms with Gasteiger partial charge in [0.25, 0.3) is 5.92 Å². The highest BCUT2D eigenvalue weighted by Crippen LogP contribution is 2.10. The summed E-state index contributed by atoms with van der Waals surface area (Å²) in [7, 11) is 0. The molecule has 0 saturated carbocycles. The maximum atomic E-state index is 12.5. The molecule has 0 aliphatic carbocycles. The number of aliphatic hydroxyl groups is 1. The van der Waals surface area contributed by atoms with Gasteiger partial charge in [-0.1, -0.05) is 19.8 Å². The zero-order valence-electron chi connectivity index (χ0n) is 8.32. The first-order chi connectivity index (χ1) is 6.02. The van der Waals surface area contributed by atoms with Gasteiger partial charge in [-0.3, -0.25) is 0 Å². The van der Waals surface area contributed by atoms with Gasteiger partial charge in [-0.2, -0.15) is 0 Å². The summed E-state index contributed by atoms with van der Waals surface area (Å²) in [4.78, 5) is 0. The fourth-order valence-corrected chi connectivity index (χ4v) is 0.992. The fourth-order valence-electron chi connectivity index (χ4n) is 0.992. The van der Waals surface area contributed by atoms with Crippen LogP contribution >= 0.6 is 0 Å². The van der Waals surface area contributed by atoms with Crippen LogP contribution in [-0.2, 0) is 0 Å². The second-order valence-electron chi connectivity index (χ2n) is 3.44. The lowest BCUT2D eigenvalue weighted by Crippen LogP contribution is -2.40. The van der Waals surface area contributed by atoms with E-state index in [-0.39, 0.29) is 6.04 Å². The third-order valence-electron chi connectivity index (χ3n) is 1.93. The van der Waals surface area contributed by atoms with E-state index in [1.807, 2.05) is 6.92 Å². The molecule has 13 heavy (non-hydrogen) atoms. The minimum absolute atomic E-state index is 0.0948. The van der Waals surface area contributed by atoms with Crippen LogP contribution < -0.4 is 5.32 Å². The molecule has 80 valence electrons. The molecule has 0 saturated heterocycles. The van der Waals surface area contributed by atoms with E-state index in [1.165, 1.54) is 0 Å². The Balaban J connectivity index is 3.51. The van der Waals surface area contributed by atoms with E-state index in [9.17, 15) is 8.78 Å². The van der Waals surface area contributed by atoms with Crippen molar-refractivity contribution in [3.8, 4) is 0 Å². The molecule has 0 aromatic rings. The molecule has 4 heteroatoms. The zero-order valence-corrected chi connectivity index (χ0v) is 8.32. The Morgan fingerprint density at radius 2 is 2.08 bits per heavy atom. The molecule has 0 radical (unpaired) electrons. The van der Waals surface area contributed by atoms with E-state index in [1.54, 1.807) is 0 Å². The molecule has 1 unspecified atom stereocenters. The molecule has 0 aliphatic rings. The van der Waals surface area contributed by atoms with E-state index in [4.69, 9.17) is 5.11 Å². The van der Waals surface area contributed by atoms with E-state index in [2.05, 4.69) is 12.2 Å². The Bertz CT molecular complexity index is 131. The van der Waals surface area contributed by atoms with Crippen molar-refractivity contribution in [2.45, 2.75) is 45.1 Å². The Kier molecular flexibility index (Phi) is 6.16. The van der Waals surface area contributed by atoms with Crippen molar-refractivity contribution >= 4 is 0 Å². The first kappa shape index (κ1) is 12.8. The van der Waals surface area contributed by atoms with Crippen LogP contribution in [0, 0.1) is 0 Å². The molecule has 0 bridgehead atoms. The number of halogens is 2. The third kappa shape index (κ3) is 6.90. The molecule has 2 N–H and O–H groups in total. The zero-order chi connectivity index (χ0) is 10.3. The van der Waals surface area contributed by atoms with Crippen LogP contribution in [0.2, 0.25) is 0 Å². The number of nitrogens with one attached hydrogen (secondary N) is 1. The van der Waals surface area contributed by atoms with Gasteiger partial charge in [-0.15, -0.1) is 0 Å². The maximum Gasteiger partial charge on any atom is 0.282 e. The standard InChI is InChI=1S/C9H19F2NO/c1-3-4-5-8(2)12-6-9(10,11)7-13/h8,12-13H,3-7H2,1-2H3. The van der Waals surface area contributed by atoms with Crippen molar-refractivity contribution in [2.24, 2.45) is 0 Å². The molecule has 0 amide bonds. The average molecular weight is 195 g/mol. The Morgan fingerprint density at radius 1 is 1.46 bits per heavy atom. The van der Waals surface area contributed by atoms with Gasteiger partial charge in [0.05, 0.1) is 6.54 Å². The predicted molar refractivity (Wildman–Crippen MR) is 49.0 cm³/mol. The summed E-state index contributed by atoms with van der Waals surface area (Å²) in [6.45, 7) is 2.42. The molecule has 0 fully saturated rings. The van der Waals surface area contributed by atoms with Crippen molar-refractivity contribution < 1.29 is 13.9 Å². The van der Waals surface area contributed by atoms with Crippen LogP contribution in [0.1, 0.15) is 33.1 Å². The molecule has 0 aliphatic heterocycles. The average Bonchev–Trinajstić information content (AvgIpc) is 2.11. The van der Waals surface area contributed by atoms with Crippen molar-refractivity contribution in [1.82, 2.24) is 5.32 Å². The molecule has 0 spiro atoms. The maximum absolute atomic E-state index is 12.5. The van der Waals surface area contributed by atoms with Gasteiger partial charge in [0.2, 0.25) is 0 Å². The molecule has 0 aromatic carbocycles. The van der Waals surface area contributed by atoms with Gasteiger partial charge in [-0.25, -0.2) is 8.78 Å². The van der Waals surface area contributed by atoms with Gasteiger partial charge in [0.1, 0.15) is 6.61 Å². The number of aliphatic hydroxyl groups excluding tert-OH is 1. The molecule has 2 nitrogen and oxygen atoms in total. The summed E-state index contributed by atoms with van der Waals surface area (Å²) < 4.78 is 25.0. The van der Waals surface area contributed by atoms with E-state index < -0.39 is 19.1 Å². The topological polar surface area (TPSA) is 32.3 Å². The van der Waals surface area contributed by atoms with Crippen LogP contribution in [0.25, 0.3) is 0 Å². The van der Waals surface area contributed by atoms with E-state index >= 15 is 0 Å². The molecule has 0 aromatic heterocycles. The lowest BCUT2D eigenvalue weighted by molar-refractivity contribution is -0.0491. The summed E-state index contributed by atoms with van der Waals surface area (Å²) in [5.74, 6) is -2.99. The number of alkyl halides is 2. The Labute approximate surface area is 78.3 Å². The minimum atomic E-state index is -2.99. The number of unbranched alkanes of at least 4 members (excludes halogenated alkanes) is 1. The van der Waals surface area contributed by atoms with Gasteiger partial charge in [0.15, 0.2) is 0 Å². The third-order valence-corrected chi connectivity index (χ3v) is 1.93. The van der Waals surface area contributed by atoms with Crippen molar-refractivity contribution in [2.75, 3.05) is 13.2 Å². The quantitative estimate of drug-likeness (QED) is 0.649. The number of rotatable bonds is 7. The molecule has 1 atom stereocenters. The summed E-state index contributed by atoms with van der Waals surface area (Å²) >= 11 is 0. The van der Waals surface area contributed by atoms with Gasteiger partial charge >= 0.3 is 0 Å². The normalized spacial score (nSPS) is 14.5. The van der Waals surface area contributed by atoms with Gasteiger partial charge < -0.3 is 10.4 Å². The van der Waals surface area contributed by atoms with Gasteiger partial charge in [-0.05, 0) is 13.3 Å². The van der Waals surface area contributed by atoms with E-state index in [0.29, 0.717) is 0 Å². The second kappa shape index (κ2) is 6.27. The largest absolute Gasteiger partial charge is 0.390 e. The molecular formula is C9H19F2NO. The van der Waals surface area contributed by atoms with Crippen molar-refractivity contribution in [1.29, 1.82) is 0 Å². The van der Waals surface area contributed by atoms with Crippen LogP contribution in [-0.4, -0.2) is 30.2 Å². The first-order valence-corrected chi connectivity index (χ1v) is 4.74. The lowest BCUT2D eigenvalue weighted by atomic mass is 10.1. The summed E-state index contributed by atoms with van der Waals surface area (Å²) in [6.07, 6.45) is 3.01. The lowest BCUT2D eigenvalue weighted by Gasteiger charge is -2.18. The summed E-state index contributed by atoms with van der Waals surface area (Å²) in [5.41, 5.74) is 0. The summed E-state index contributed by atoms with van der Waals surface area (Å²) in [5, 5.41) is 11.0. The Morgan fingerprint density at radius 3 is 2.54 bits per heavy atom. The second-order valence-corrected chi connectivity index (χ2v) is 3.44. The van der Waals surface area contributed by atoms with Gasteiger partial charge in [0, 0.05) is 6.04 Å². The van der Waals surface area contributed by atoms with Crippen molar-refractivity contribution in [3.63, 3.8) is 0 Å². The van der Waals surface area contributed by atoms with Crippen LogP contribution in [0.5, 0.6) is 0 Å². The smallest absolute Gasteiger partial charge is 0.282 e.